The number of unbranched alkanes of at least 4 members (excludes halogenated alkanes) is 8. The van der Waals surface area contributed by atoms with Crippen LogP contribution in [0.4, 0.5) is 0 Å². The molecule has 0 fully saturated rings. The van der Waals surface area contributed by atoms with E-state index in [9.17, 15) is 14.4 Å². The number of hydrogen-bond donors (Lipinski definition) is 2. The summed E-state index contributed by atoms with van der Waals surface area (Å²) in [4.78, 5) is 31.4. The second-order valence-electron chi connectivity index (χ2n) is 6.37. The maximum atomic E-state index is 10.6. The standard InChI is InChI=1S/C12H24O2.C9H8O4/c1-2-3-4-5-6-7-8-9-10-11-12(13)14;1-6(10)13-8-5-3-2-4-7(8)9(11)12/h2-11H2,1H3,(H,13,14);2-5H,1H3,(H,11,12). The molecule has 0 saturated carbocycles. The Morgan fingerprint density at radius 1 is 0.852 bits per heavy atom. The maximum absolute atomic E-state index is 10.6. The highest BCUT2D eigenvalue weighted by molar-refractivity contribution is 5.91. The van der Waals surface area contributed by atoms with Gasteiger partial charge < -0.3 is 14.9 Å². The van der Waals surface area contributed by atoms with Gasteiger partial charge in [0, 0.05) is 13.3 Å². The number of ether oxygens (including phenoxy) is 1. The molecular weight excluding hydrogens is 348 g/mol. The third-order valence-electron chi connectivity index (χ3n) is 3.87. The minimum absolute atomic E-state index is 0.0160. The van der Waals surface area contributed by atoms with Crippen LogP contribution in [0, 0.1) is 0 Å². The van der Waals surface area contributed by atoms with E-state index in [1.54, 1.807) is 12.1 Å². The van der Waals surface area contributed by atoms with Crippen LogP contribution >= 0.6 is 0 Å². The summed E-state index contributed by atoms with van der Waals surface area (Å²) < 4.78 is 4.69. The Balaban J connectivity index is 0.000000501. The SMILES string of the molecule is CC(=O)Oc1ccccc1C(=O)O.CCCCCCCCCCCC(=O)O. The number of carboxylic acids is 2. The second kappa shape index (κ2) is 15.9. The first kappa shape index (κ1) is 24.6. The van der Waals surface area contributed by atoms with Crippen LogP contribution in [-0.4, -0.2) is 28.1 Å². The molecule has 0 bridgehead atoms. The number of benzene rings is 1. The molecule has 0 heterocycles. The maximum Gasteiger partial charge on any atom is 0.339 e. The first-order valence-corrected chi connectivity index (χ1v) is 9.61. The van der Waals surface area contributed by atoms with Crippen molar-refractivity contribution in [3.8, 4) is 5.75 Å². The van der Waals surface area contributed by atoms with Gasteiger partial charge in [0.15, 0.2) is 0 Å². The van der Waals surface area contributed by atoms with E-state index in [-0.39, 0.29) is 11.3 Å². The van der Waals surface area contributed by atoms with Gasteiger partial charge in [-0.2, -0.15) is 0 Å². The summed E-state index contributed by atoms with van der Waals surface area (Å²) in [5, 5.41) is 17.1. The van der Waals surface area contributed by atoms with Gasteiger partial charge in [0.1, 0.15) is 11.3 Å². The Labute approximate surface area is 161 Å². The third kappa shape index (κ3) is 14.5. The van der Waals surface area contributed by atoms with Gasteiger partial charge in [-0.1, -0.05) is 70.4 Å². The van der Waals surface area contributed by atoms with E-state index < -0.39 is 17.9 Å². The van der Waals surface area contributed by atoms with Crippen molar-refractivity contribution in [1.82, 2.24) is 0 Å². The smallest absolute Gasteiger partial charge is 0.339 e. The summed E-state index contributed by atoms with van der Waals surface area (Å²) in [5.41, 5.74) is -0.0160. The van der Waals surface area contributed by atoms with Crippen LogP contribution in [0.25, 0.3) is 0 Å². The first-order chi connectivity index (χ1) is 12.9. The lowest BCUT2D eigenvalue weighted by Gasteiger charge is -2.03. The molecule has 0 atom stereocenters. The molecule has 6 nitrogen and oxygen atoms in total. The Hall–Kier alpha value is -2.37. The molecule has 0 unspecified atom stereocenters. The topological polar surface area (TPSA) is 101 Å². The predicted molar refractivity (Wildman–Crippen MR) is 104 cm³/mol. The molecule has 0 saturated heterocycles. The molecular formula is C21H32O6. The molecule has 1 aromatic rings. The monoisotopic (exact) mass is 380 g/mol. The van der Waals surface area contributed by atoms with Gasteiger partial charge in [-0.15, -0.1) is 0 Å². The van der Waals surface area contributed by atoms with E-state index in [1.165, 1.54) is 64.0 Å². The van der Waals surface area contributed by atoms with E-state index in [1.807, 2.05) is 0 Å². The lowest BCUT2D eigenvalue weighted by atomic mass is 10.1. The van der Waals surface area contributed by atoms with Crippen molar-refractivity contribution in [3.05, 3.63) is 29.8 Å². The number of rotatable bonds is 12. The molecule has 0 aromatic heterocycles. The number of aliphatic carboxylic acids is 1. The Morgan fingerprint density at radius 3 is 1.85 bits per heavy atom. The molecule has 1 aromatic carbocycles. The number of para-hydroxylation sites is 1. The van der Waals surface area contributed by atoms with E-state index in [0.717, 1.165) is 12.8 Å². The largest absolute Gasteiger partial charge is 0.481 e. The van der Waals surface area contributed by atoms with Gasteiger partial charge in [-0.25, -0.2) is 4.79 Å². The Bertz CT molecular complexity index is 568. The van der Waals surface area contributed by atoms with Gasteiger partial charge in [-0.05, 0) is 18.6 Å². The highest BCUT2D eigenvalue weighted by Gasteiger charge is 2.11. The molecule has 0 amide bonds. The van der Waals surface area contributed by atoms with Crippen LogP contribution in [-0.2, 0) is 9.59 Å². The van der Waals surface area contributed by atoms with Crippen molar-refractivity contribution < 1.29 is 29.3 Å². The van der Waals surface area contributed by atoms with Crippen LogP contribution in [0.2, 0.25) is 0 Å². The van der Waals surface area contributed by atoms with Crippen molar-refractivity contribution in [2.45, 2.75) is 78.1 Å². The van der Waals surface area contributed by atoms with E-state index in [2.05, 4.69) is 11.7 Å². The first-order valence-electron chi connectivity index (χ1n) is 9.61. The van der Waals surface area contributed by atoms with Gasteiger partial charge >= 0.3 is 17.9 Å². The predicted octanol–water partition coefficient (Wildman–Crippen LogP) is 5.30. The number of esters is 1. The lowest BCUT2D eigenvalue weighted by Crippen LogP contribution is -2.06. The average Bonchev–Trinajstić information content (AvgIpc) is 2.60. The quantitative estimate of drug-likeness (QED) is 0.290. The third-order valence-corrected chi connectivity index (χ3v) is 3.87. The van der Waals surface area contributed by atoms with Crippen LogP contribution < -0.4 is 4.74 Å². The van der Waals surface area contributed by atoms with Crippen LogP contribution in [0.3, 0.4) is 0 Å². The van der Waals surface area contributed by atoms with Crippen molar-refractivity contribution in [1.29, 1.82) is 0 Å². The number of aromatic carboxylic acids is 1. The summed E-state index contributed by atoms with van der Waals surface area (Å²) >= 11 is 0. The fourth-order valence-corrected chi connectivity index (χ4v) is 2.47. The minimum Gasteiger partial charge on any atom is -0.481 e. The summed E-state index contributed by atoms with van der Waals surface area (Å²) in [6, 6.07) is 5.98. The summed E-state index contributed by atoms with van der Waals surface area (Å²) in [6.07, 6.45) is 11.5. The molecule has 1 rings (SSSR count). The molecule has 6 heteroatoms. The van der Waals surface area contributed by atoms with Crippen molar-refractivity contribution in [3.63, 3.8) is 0 Å². The molecule has 0 spiro atoms. The van der Waals surface area contributed by atoms with E-state index >= 15 is 0 Å². The number of carbonyl (C=O) groups is 3. The number of hydrogen-bond acceptors (Lipinski definition) is 4. The zero-order chi connectivity index (χ0) is 20.5. The highest BCUT2D eigenvalue weighted by atomic mass is 16.5. The molecule has 27 heavy (non-hydrogen) atoms. The van der Waals surface area contributed by atoms with Crippen LogP contribution in [0.5, 0.6) is 5.75 Å². The molecule has 2 N–H and O–H groups in total. The van der Waals surface area contributed by atoms with Gasteiger partial charge in [0.25, 0.3) is 0 Å². The zero-order valence-corrected chi connectivity index (χ0v) is 16.4. The Kier molecular flexibility index (Phi) is 14.5. The van der Waals surface area contributed by atoms with Crippen LogP contribution in [0.1, 0.15) is 88.4 Å². The minimum atomic E-state index is -1.11. The summed E-state index contributed by atoms with van der Waals surface area (Å²) in [7, 11) is 0. The highest BCUT2D eigenvalue weighted by Crippen LogP contribution is 2.17. The number of carbonyl (C=O) groups excluding carboxylic acids is 1. The Morgan fingerprint density at radius 2 is 1.37 bits per heavy atom. The van der Waals surface area contributed by atoms with Gasteiger partial charge in [0.2, 0.25) is 0 Å². The average molecular weight is 380 g/mol. The number of carboxylic acid groups (broad SMARTS) is 2. The second-order valence-corrected chi connectivity index (χ2v) is 6.37. The molecule has 152 valence electrons. The zero-order valence-electron chi connectivity index (χ0n) is 16.4. The fraction of sp³-hybridized carbons (Fsp3) is 0.571. The van der Waals surface area contributed by atoms with E-state index in [4.69, 9.17) is 10.2 Å². The van der Waals surface area contributed by atoms with E-state index in [0.29, 0.717) is 6.42 Å². The molecule has 0 radical (unpaired) electrons. The summed E-state index contributed by atoms with van der Waals surface area (Å²) in [6.45, 7) is 3.45. The fourth-order valence-electron chi connectivity index (χ4n) is 2.47. The van der Waals surface area contributed by atoms with Crippen molar-refractivity contribution >= 4 is 17.9 Å². The van der Waals surface area contributed by atoms with Gasteiger partial charge in [-0.3, -0.25) is 9.59 Å². The van der Waals surface area contributed by atoms with Gasteiger partial charge in [0.05, 0.1) is 0 Å². The molecule has 0 aliphatic rings. The normalized spacial score (nSPS) is 9.85. The van der Waals surface area contributed by atoms with Crippen molar-refractivity contribution in [2.24, 2.45) is 0 Å². The summed E-state index contributed by atoms with van der Waals surface area (Å²) in [5.74, 6) is -2.24. The molecule has 0 aliphatic carbocycles. The molecule has 0 aliphatic heterocycles. The van der Waals surface area contributed by atoms with Crippen molar-refractivity contribution in [2.75, 3.05) is 0 Å². The lowest BCUT2D eigenvalue weighted by molar-refractivity contribution is -0.137. The van der Waals surface area contributed by atoms with Crippen LogP contribution in [0.15, 0.2) is 24.3 Å².